The Morgan fingerprint density at radius 2 is 1.60 bits per heavy atom. The van der Waals surface area contributed by atoms with Crippen LogP contribution in [0.3, 0.4) is 0 Å². The van der Waals surface area contributed by atoms with Crippen LogP contribution >= 0.6 is 15.9 Å². The summed E-state index contributed by atoms with van der Waals surface area (Å²) in [6.07, 6.45) is -4.50. The maximum absolute atomic E-state index is 12.9. The van der Waals surface area contributed by atoms with E-state index in [0.29, 0.717) is 0 Å². The Bertz CT molecular complexity index is 527. The van der Waals surface area contributed by atoms with E-state index in [1.807, 2.05) is 27.7 Å². The molecule has 1 aromatic rings. The number of aromatic nitrogens is 2. The Balaban J connectivity index is 2.43. The fourth-order valence-electron chi connectivity index (χ4n) is 1.93. The second kappa shape index (κ2) is 4.48. The molecule has 1 aromatic heterocycles. The van der Waals surface area contributed by atoms with Crippen molar-refractivity contribution >= 4 is 28.6 Å². The molecule has 2 heterocycles. The summed E-state index contributed by atoms with van der Waals surface area (Å²) in [6, 6.07) is 0. The third kappa shape index (κ3) is 2.39. The zero-order valence-electron chi connectivity index (χ0n) is 11.8. The first-order chi connectivity index (χ1) is 8.87. The molecule has 0 bridgehead atoms. The van der Waals surface area contributed by atoms with Crippen LogP contribution in [-0.2, 0) is 22.5 Å². The zero-order valence-corrected chi connectivity index (χ0v) is 13.4. The number of rotatable bonds is 1. The Labute approximate surface area is 123 Å². The number of hydrogen-bond acceptors (Lipinski definition) is 3. The van der Waals surface area contributed by atoms with Gasteiger partial charge in [-0.1, -0.05) is 0 Å². The normalized spacial score (nSPS) is 21.6. The van der Waals surface area contributed by atoms with E-state index in [9.17, 15) is 13.2 Å². The summed E-state index contributed by atoms with van der Waals surface area (Å²) in [5.74, 6) is 0. The highest BCUT2D eigenvalue weighted by Crippen LogP contribution is 2.38. The summed E-state index contributed by atoms with van der Waals surface area (Å²) in [7, 11) is 0.305. The maximum atomic E-state index is 12.9. The fraction of sp³-hybridized carbons (Fsp3) is 0.727. The van der Waals surface area contributed by atoms with Crippen LogP contribution in [0.4, 0.5) is 13.2 Å². The average molecular weight is 355 g/mol. The molecule has 1 aliphatic rings. The summed E-state index contributed by atoms with van der Waals surface area (Å²) >= 11 is 2.96. The van der Waals surface area contributed by atoms with Gasteiger partial charge in [0.25, 0.3) is 0 Å². The monoisotopic (exact) mass is 354 g/mol. The van der Waals surface area contributed by atoms with E-state index in [4.69, 9.17) is 9.31 Å². The summed E-state index contributed by atoms with van der Waals surface area (Å²) < 4.78 is 50.9. The third-order valence-electron chi connectivity index (χ3n) is 3.76. The van der Waals surface area contributed by atoms with Gasteiger partial charge in [-0.05, 0) is 43.6 Å². The lowest BCUT2D eigenvalue weighted by atomic mass is 9.85. The molecular weight excluding hydrogens is 340 g/mol. The first kappa shape index (κ1) is 15.8. The van der Waals surface area contributed by atoms with E-state index >= 15 is 0 Å². The minimum absolute atomic E-state index is 0.0958. The summed E-state index contributed by atoms with van der Waals surface area (Å²) in [6.45, 7) is 7.31. The largest absolute Gasteiger partial charge is 0.517 e. The van der Waals surface area contributed by atoms with Crippen molar-refractivity contribution in [2.24, 2.45) is 7.05 Å². The van der Waals surface area contributed by atoms with Gasteiger partial charge in [-0.25, -0.2) is 0 Å². The van der Waals surface area contributed by atoms with Crippen molar-refractivity contribution in [1.29, 1.82) is 0 Å². The van der Waals surface area contributed by atoms with Gasteiger partial charge in [0, 0.05) is 7.05 Å². The van der Waals surface area contributed by atoms with Gasteiger partial charge in [0.15, 0.2) is 5.69 Å². The lowest BCUT2D eigenvalue weighted by Crippen LogP contribution is -2.41. The number of aryl methyl sites for hydroxylation is 1. The molecule has 0 atom stereocenters. The Kier molecular flexibility index (Phi) is 3.55. The van der Waals surface area contributed by atoms with E-state index < -0.39 is 30.2 Å². The van der Waals surface area contributed by atoms with Crippen LogP contribution in [0.1, 0.15) is 33.4 Å². The molecule has 1 saturated heterocycles. The summed E-state index contributed by atoms with van der Waals surface area (Å²) in [4.78, 5) is 0. The van der Waals surface area contributed by atoms with Gasteiger partial charge in [-0.2, -0.15) is 18.3 Å². The Morgan fingerprint density at radius 1 is 1.15 bits per heavy atom. The van der Waals surface area contributed by atoms with Crippen molar-refractivity contribution in [3.63, 3.8) is 0 Å². The van der Waals surface area contributed by atoms with Crippen LogP contribution in [0.5, 0.6) is 0 Å². The average Bonchev–Trinajstić information content (AvgIpc) is 2.60. The Morgan fingerprint density at radius 3 is 1.95 bits per heavy atom. The molecular formula is C11H15BBrF3N2O2. The van der Waals surface area contributed by atoms with Crippen molar-refractivity contribution in [2.45, 2.75) is 45.1 Å². The van der Waals surface area contributed by atoms with Crippen LogP contribution in [0.25, 0.3) is 0 Å². The molecule has 0 unspecified atom stereocenters. The maximum Gasteiger partial charge on any atom is 0.517 e. The smallest absolute Gasteiger partial charge is 0.398 e. The molecule has 1 aliphatic heterocycles. The quantitative estimate of drug-likeness (QED) is 0.727. The summed E-state index contributed by atoms with van der Waals surface area (Å²) in [5.41, 5.74) is -2.03. The number of halogens is 4. The molecule has 0 N–H and O–H groups in total. The molecule has 112 valence electrons. The molecule has 4 nitrogen and oxygen atoms in total. The highest BCUT2D eigenvalue weighted by molar-refractivity contribution is 9.10. The molecule has 0 amide bonds. The molecule has 0 saturated carbocycles. The van der Waals surface area contributed by atoms with Gasteiger partial charge in [-0.3, -0.25) is 4.68 Å². The molecule has 0 radical (unpaired) electrons. The molecule has 0 spiro atoms. The highest BCUT2D eigenvalue weighted by Gasteiger charge is 2.54. The number of nitrogens with zero attached hydrogens (tertiary/aromatic N) is 2. The Hall–Kier alpha value is -0.535. The number of alkyl halides is 3. The third-order valence-corrected chi connectivity index (χ3v) is 4.54. The fourth-order valence-corrected chi connectivity index (χ4v) is 2.68. The summed E-state index contributed by atoms with van der Waals surface area (Å²) in [5, 5.41) is 3.89. The molecule has 0 aliphatic carbocycles. The zero-order chi connectivity index (χ0) is 15.5. The van der Waals surface area contributed by atoms with Gasteiger partial charge in [0.05, 0.1) is 15.7 Å². The molecule has 2 rings (SSSR count). The van der Waals surface area contributed by atoms with E-state index in [1.54, 1.807) is 0 Å². The first-order valence-electron chi connectivity index (χ1n) is 6.02. The second-order valence-electron chi connectivity index (χ2n) is 5.76. The highest BCUT2D eigenvalue weighted by atomic mass is 79.9. The predicted octanol–water partition coefficient (Wildman–Crippen LogP) is 2.50. The van der Waals surface area contributed by atoms with Gasteiger partial charge >= 0.3 is 13.3 Å². The first-order valence-corrected chi connectivity index (χ1v) is 6.81. The van der Waals surface area contributed by atoms with E-state index in [-0.39, 0.29) is 10.1 Å². The lowest BCUT2D eigenvalue weighted by Gasteiger charge is -2.32. The SMILES string of the molecule is Cn1nc(B2OC(C)(C)C(C)(C)O2)c(Br)c1C(F)(F)F. The predicted molar refractivity (Wildman–Crippen MR) is 71.6 cm³/mol. The van der Waals surface area contributed by atoms with Crippen LogP contribution in [0, 0.1) is 0 Å². The van der Waals surface area contributed by atoms with Gasteiger partial charge < -0.3 is 9.31 Å². The van der Waals surface area contributed by atoms with Crippen molar-refractivity contribution < 1.29 is 22.5 Å². The van der Waals surface area contributed by atoms with Crippen molar-refractivity contribution in [1.82, 2.24) is 9.78 Å². The second-order valence-corrected chi connectivity index (χ2v) is 6.55. The molecule has 0 aromatic carbocycles. The lowest BCUT2D eigenvalue weighted by molar-refractivity contribution is -0.144. The van der Waals surface area contributed by atoms with Crippen molar-refractivity contribution in [2.75, 3.05) is 0 Å². The van der Waals surface area contributed by atoms with Crippen molar-refractivity contribution in [3.8, 4) is 0 Å². The van der Waals surface area contributed by atoms with E-state index in [2.05, 4.69) is 21.0 Å². The van der Waals surface area contributed by atoms with Gasteiger partial charge in [0.2, 0.25) is 0 Å². The van der Waals surface area contributed by atoms with Crippen LogP contribution < -0.4 is 5.59 Å². The van der Waals surface area contributed by atoms with Crippen LogP contribution in [-0.4, -0.2) is 28.1 Å². The molecule has 1 fully saturated rings. The number of hydrogen-bond donors (Lipinski definition) is 0. The molecule has 9 heteroatoms. The van der Waals surface area contributed by atoms with Crippen LogP contribution in [0.2, 0.25) is 0 Å². The van der Waals surface area contributed by atoms with E-state index in [0.717, 1.165) is 4.68 Å². The van der Waals surface area contributed by atoms with E-state index in [1.165, 1.54) is 7.05 Å². The van der Waals surface area contributed by atoms with Crippen molar-refractivity contribution in [3.05, 3.63) is 10.2 Å². The van der Waals surface area contributed by atoms with Gasteiger partial charge in [-0.15, -0.1) is 0 Å². The topological polar surface area (TPSA) is 36.3 Å². The van der Waals surface area contributed by atoms with Crippen LogP contribution in [0.15, 0.2) is 4.47 Å². The van der Waals surface area contributed by atoms with Gasteiger partial charge in [0.1, 0.15) is 5.59 Å². The standard InChI is InChI=1S/C11H15BBrF3N2O2/c1-9(2)10(3,4)20-12(19-9)8-6(13)7(11(14,15)16)18(5)17-8/h1-5H3. The molecule has 20 heavy (non-hydrogen) atoms. The minimum Gasteiger partial charge on any atom is -0.398 e. The minimum atomic E-state index is -4.50.